The summed E-state index contributed by atoms with van der Waals surface area (Å²) in [6.45, 7) is 3.46. The van der Waals surface area contributed by atoms with Crippen LogP contribution in [0.25, 0.3) is 5.69 Å². The molecule has 1 atom stereocenters. The van der Waals surface area contributed by atoms with Gasteiger partial charge in [0.1, 0.15) is 11.0 Å². The van der Waals surface area contributed by atoms with Gasteiger partial charge in [0.05, 0.1) is 16.9 Å². The van der Waals surface area contributed by atoms with Crippen LogP contribution in [0, 0.1) is 12.7 Å². The number of aromatic nitrogens is 2. The van der Waals surface area contributed by atoms with Crippen LogP contribution in [0.3, 0.4) is 0 Å². The number of carbonyl (C=O) groups is 1. The molecule has 1 aromatic heterocycles. The third-order valence-corrected chi connectivity index (χ3v) is 3.59. The fourth-order valence-corrected chi connectivity index (χ4v) is 2.43. The summed E-state index contributed by atoms with van der Waals surface area (Å²) in [5.41, 5.74) is 1.32. The standard InChI is InChI=1S/C15H17ClFN3O2/c1-9(7-8-21)18-15(22)13-10(2)19-20(14(13)16)12-5-3-11(17)4-6-12/h3-6,9,21H,7-8H2,1-2H3,(H,18,22). The van der Waals surface area contributed by atoms with E-state index in [9.17, 15) is 9.18 Å². The molecule has 0 aliphatic carbocycles. The molecule has 0 aliphatic heterocycles. The molecule has 0 saturated heterocycles. The zero-order chi connectivity index (χ0) is 16.3. The average Bonchev–Trinajstić information content (AvgIpc) is 2.75. The molecule has 2 rings (SSSR count). The molecular formula is C15H17ClFN3O2. The third-order valence-electron chi connectivity index (χ3n) is 3.24. The fraction of sp³-hybridized carbons (Fsp3) is 0.333. The maximum atomic E-state index is 13.0. The van der Waals surface area contributed by atoms with Crippen LogP contribution in [0.15, 0.2) is 24.3 Å². The molecule has 0 spiro atoms. The van der Waals surface area contributed by atoms with Crippen LogP contribution in [0.4, 0.5) is 4.39 Å². The lowest BCUT2D eigenvalue weighted by molar-refractivity contribution is 0.0934. The van der Waals surface area contributed by atoms with E-state index in [4.69, 9.17) is 16.7 Å². The fourth-order valence-electron chi connectivity index (χ4n) is 2.07. The Morgan fingerprint density at radius 3 is 2.68 bits per heavy atom. The van der Waals surface area contributed by atoms with Gasteiger partial charge in [0, 0.05) is 12.6 Å². The number of amides is 1. The molecule has 1 aromatic carbocycles. The van der Waals surface area contributed by atoms with Crippen molar-refractivity contribution in [2.24, 2.45) is 0 Å². The minimum atomic E-state index is -0.362. The second-order valence-corrected chi connectivity index (χ2v) is 5.38. The summed E-state index contributed by atoms with van der Waals surface area (Å²) in [5, 5.41) is 16.0. The molecule has 1 amide bonds. The van der Waals surface area contributed by atoms with Gasteiger partial charge in [-0.2, -0.15) is 5.10 Å². The van der Waals surface area contributed by atoms with Crippen LogP contribution >= 0.6 is 11.6 Å². The molecule has 5 nitrogen and oxygen atoms in total. The van der Waals surface area contributed by atoms with Gasteiger partial charge < -0.3 is 10.4 Å². The van der Waals surface area contributed by atoms with Crippen molar-refractivity contribution in [3.05, 3.63) is 46.5 Å². The number of nitrogens with zero attached hydrogens (tertiary/aromatic N) is 2. The van der Waals surface area contributed by atoms with Crippen LogP contribution in [0.5, 0.6) is 0 Å². The lowest BCUT2D eigenvalue weighted by Crippen LogP contribution is -2.33. The Morgan fingerprint density at radius 2 is 2.09 bits per heavy atom. The lowest BCUT2D eigenvalue weighted by Gasteiger charge is -2.12. The summed E-state index contributed by atoms with van der Waals surface area (Å²) in [4.78, 5) is 12.3. The predicted octanol–water partition coefficient (Wildman–Crippen LogP) is 2.47. The third kappa shape index (κ3) is 3.45. The van der Waals surface area contributed by atoms with E-state index >= 15 is 0 Å². The SMILES string of the molecule is Cc1nn(-c2ccc(F)cc2)c(Cl)c1C(=O)NC(C)CCO. The molecule has 0 radical (unpaired) electrons. The van der Waals surface area contributed by atoms with E-state index in [-0.39, 0.29) is 35.1 Å². The number of aryl methyl sites for hydroxylation is 1. The minimum absolute atomic E-state index is 0.0109. The minimum Gasteiger partial charge on any atom is -0.396 e. The summed E-state index contributed by atoms with van der Waals surface area (Å²) in [6.07, 6.45) is 0.453. The Morgan fingerprint density at radius 1 is 1.45 bits per heavy atom. The van der Waals surface area contributed by atoms with Crippen molar-refractivity contribution in [1.29, 1.82) is 0 Å². The van der Waals surface area contributed by atoms with Gasteiger partial charge >= 0.3 is 0 Å². The summed E-state index contributed by atoms with van der Waals surface area (Å²) < 4.78 is 14.4. The Labute approximate surface area is 132 Å². The van der Waals surface area contributed by atoms with Crippen LogP contribution < -0.4 is 5.32 Å². The van der Waals surface area contributed by atoms with Gasteiger partial charge in [-0.1, -0.05) is 11.6 Å². The quantitative estimate of drug-likeness (QED) is 0.887. The molecular weight excluding hydrogens is 309 g/mol. The number of aliphatic hydroxyl groups is 1. The van der Waals surface area contributed by atoms with Crippen molar-refractivity contribution >= 4 is 17.5 Å². The normalized spacial score (nSPS) is 12.2. The van der Waals surface area contributed by atoms with Crippen LogP contribution in [-0.4, -0.2) is 33.4 Å². The molecule has 7 heteroatoms. The van der Waals surface area contributed by atoms with E-state index in [1.165, 1.54) is 28.9 Å². The number of halogens is 2. The molecule has 22 heavy (non-hydrogen) atoms. The first-order valence-electron chi connectivity index (χ1n) is 6.86. The van der Waals surface area contributed by atoms with Crippen molar-refractivity contribution in [2.45, 2.75) is 26.3 Å². The van der Waals surface area contributed by atoms with Gasteiger partial charge in [-0.05, 0) is 44.5 Å². The van der Waals surface area contributed by atoms with Crippen LogP contribution in [-0.2, 0) is 0 Å². The van der Waals surface area contributed by atoms with Gasteiger partial charge in [0.2, 0.25) is 0 Å². The number of aliphatic hydroxyl groups excluding tert-OH is 1. The second kappa shape index (κ2) is 6.89. The average molecular weight is 326 g/mol. The Balaban J connectivity index is 2.31. The number of carbonyl (C=O) groups excluding carboxylic acids is 1. The smallest absolute Gasteiger partial charge is 0.256 e. The van der Waals surface area contributed by atoms with Crippen molar-refractivity contribution in [3.8, 4) is 5.69 Å². The molecule has 2 aromatic rings. The monoisotopic (exact) mass is 325 g/mol. The molecule has 1 unspecified atom stereocenters. The van der Waals surface area contributed by atoms with E-state index < -0.39 is 0 Å². The summed E-state index contributed by atoms with van der Waals surface area (Å²) >= 11 is 6.26. The van der Waals surface area contributed by atoms with Gasteiger partial charge in [-0.25, -0.2) is 9.07 Å². The zero-order valence-electron chi connectivity index (χ0n) is 12.3. The number of hydrogen-bond donors (Lipinski definition) is 2. The number of rotatable bonds is 5. The predicted molar refractivity (Wildman–Crippen MR) is 81.9 cm³/mol. The molecule has 0 saturated carbocycles. The molecule has 1 heterocycles. The summed E-state index contributed by atoms with van der Waals surface area (Å²) in [5.74, 6) is -0.712. The first-order valence-corrected chi connectivity index (χ1v) is 7.24. The highest BCUT2D eigenvalue weighted by Crippen LogP contribution is 2.23. The first kappa shape index (κ1) is 16.5. The van der Waals surface area contributed by atoms with Gasteiger partial charge in [-0.15, -0.1) is 0 Å². The van der Waals surface area contributed by atoms with Crippen molar-refractivity contribution in [1.82, 2.24) is 15.1 Å². The zero-order valence-corrected chi connectivity index (χ0v) is 13.1. The van der Waals surface area contributed by atoms with Crippen LogP contribution in [0.2, 0.25) is 5.15 Å². The molecule has 0 bridgehead atoms. The van der Waals surface area contributed by atoms with Crippen molar-refractivity contribution in [3.63, 3.8) is 0 Å². The summed E-state index contributed by atoms with van der Waals surface area (Å²) in [7, 11) is 0. The van der Waals surface area contributed by atoms with E-state index in [0.717, 1.165) is 0 Å². The number of hydrogen-bond acceptors (Lipinski definition) is 3. The molecule has 118 valence electrons. The number of benzene rings is 1. The Hall–Kier alpha value is -1.92. The van der Waals surface area contributed by atoms with E-state index in [2.05, 4.69) is 10.4 Å². The summed E-state index contributed by atoms with van der Waals surface area (Å²) in [6, 6.07) is 5.48. The topological polar surface area (TPSA) is 67.2 Å². The lowest BCUT2D eigenvalue weighted by atomic mass is 10.2. The Bertz CT molecular complexity index is 670. The van der Waals surface area contributed by atoms with E-state index in [0.29, 0.717) is 17.8 Å². The van der Waals surface area contributed by atoms with Gasteiger partial charge in [0.15, 0.2) is 0 Å². The van der Waals surface area contributed by atoms with E-state index in [1.54, 1.807) is 13.8 Å². The number of nitrogens with one attached hydrogen (secondary N) is 1. The largest absolute Gasteiger partial charge is 0.396 e. The van der Waals surface area contributed by atoms with Gasteiger partial charge in [0.25, 0.3) is 5.91 Å². The van der Waals surface area contributed by atoms with Crippen molar-refractivity contribution in [2.75, 3.05) is 6.61 Å². The van der Waals surface area contributed by atoms with Gasteiger partial charge in [-0.3, -0.25) is 4.79 Å². The van der Waals surface area contributed by atoms with E-state index in [1.807, 2.05) is 0 Å². The van der Waals surface area contributed by atoms with Crippen molar-refractivity contribution < 1.29 is 14.3 Å². The maximum Gasteiger partial charge on any atom is 0.256 e. The highest BCUT2D eigenvalue weighted by atomic mass is 35.5. The maximum absolute atomic E-state index is 13.0. The first-order chi connectivity index (χ1) is 10.4. The highest BCUT2D eigenvalue weighted by molar-refractivity contribution is 6.33. The van der Waals surface area contributed by atoms with Crippen LogP contribution in [0.1, 0.15) is 29.4 Å². The molecule has 2 N–H and O–H groups in total. The molecule has 0 fully saturated rings. The second-order valence-electron chi connectivity index (χ2n) is 5.03. The highest BCUT2D eigenvalue weighted by Gasteiger charge is 2.22. The molecule has 0 aliphatic rings. The Kier molecular flexibility index (Phi) is 5.15.